The lowest BCUT2D eigenvalue weighted by Crippen LogP contribution is -2.38. The van der Waals surface area contributed by atoms with Crippen LogP contribution in [0.15, 0.2) is 22.7 Å². The predicted octanol–water partition coefficient (Wildman–Crippen LogP) is 1.32. The van der Waals surface area contributed by atoms with Gasteiger partial charge in [-0.05, 0) is 40.5 Å². The van der Waals surface area contributed by atoms with E-state index in [9.17, 15) is 9.59 Å². The number of amides is 2. The van der Waals surface area contributed by atoms with Gasteiger partial charge in [0.2, 0.25) is 0 Å². The van der Waals surface area contributed by atoms with E-state index in [4.69, 9.17) is 10.2 Å². The fraction of sp³-hybridized carbons (Fsp3) is 0.273. The summed E-state index contributed by atoms with van der Waals surface area (Å²) in [5.41, 5.74) is 1.54. The molecule has 18 heavy (non-hydrogen) atoms. The van der Waals surface area contributed by atoms with Crippen molar-refractivity contribution >= 4 is 33.6 Å². The molecule has 0 saturated carbocycles. The van der Waals surface area contributed by atoms with Crippen LogP contribution in [0.1, 0.15) is 5.56 Å². The van der Waals surface area contributed by atoms with E-state index in [1.165, 1.54) is 0 Å². The van der Waals surface area contributed by atoms with Crippen LogP contribution in [0.3, 0.4) is 0 Å². The van der Waals surface area contributed by atoms with Gasteiger partial charge in [-0.2, -0.15) is 0 Å². The molecule has 0 aliphatic rings. The quantitative estimate of drug-likeness (QED) is 0.673. The summed E-state index contributed by atoms with van der Waals surface area (Å²) in [7, 11) is 0. The molecule has 0 aliphatic heterocycles. The molecule has 1 aromatic carbocycles. The number of carbonyl (C=O) groups is 2. The lowest BCUT2D eigenvalue weighted by molar-refractivity contribution is -0.146. The Bertz CT molecular complexity index is 464. The first-order valence-corrected chi connectivity index (χ1v) is 5.91. The van der Waals surface area contributed by atoms with Crippen LogP contribution in [0.5, 0.6) is 0 Å². The Labute approximate surface area is 112 Å². The molecule has 1 atom stereocenters. The van der Waals surface area contributed by atoms with E-state index >= 15 is 0 Å². The third-order valence-corrected chi connectivity index (χ3v) is 2.80. The lowest BCUT2D eigenvalue weighted by atomic mass is 10.2. The number of carboxylic acid groups (broad SMARTS) is 1. The van der Waals surface area contributed by atoms with Crippen LogP contribution < -0.4 is 10.6 Å². The first kappa shape index (κ1) is 14.5. The van der Waals surface area contributed by atoms with E-state index in [2.05, 4.69) is 26.6 Å². The first-order valence-electron chi connectivity index (χ1n) is 5.12. The predicted molar refractivity (Wildman–Crippen MR) is 69.5 cm³/mol. The monoisotopic (exact) mass is 316 g/mol. The number of rotatable bonds is 4. The van der Waals surface area contributed by atoms with Crippen molar-refractivity contribution in [1.82, 2.24) is 5.32 Å². The van der Waals surface area contributed by atoms with Crippen molar-refractivity contribution in [2.24, 2.45) is 0 Å². The second-order valence-electron chi connectivity index (χ2n) is 3.67. The van der Waals surface area contributed by atoms with E-state index in [-0.39, 0.29) is 6.54 Å². The number of aliphatic hydroxyl groups is 1. The number of benzene rings is 1. The fourth-order valence-corrected chi connectivity index (χ4v) is 1.52. The van der Waals surface area contributed by atoms with Crippen LogP contribution in [0.4, 0.5) is 10.5 Å². The van der Waals surface area contributed by atoms with E-state index in [0.29, 0.717) is 10.2 Å². The van der Waals surface area contributed by atoms with Gasteiger partial charge in [0.05, 0.1) is 12.2 Å². The maximum absolute atomic E-state index is 11.5. The Hall–Kier alpha value is -1.60. The van der Waals surface area contributed by atoms with Gasteiger partial charge in [0, 0.05) is 4.47 Å². The van der Waals surface area contributed by atoms with Crippen molar-refractivity contribution in [3.05, 3.63) is 28.2 Å². The third-order valence-electron chi connectivity index (χ3n) is 2.11. The zero-order valence-corrected chi connectivity index (χ0v) is 11.2. The summed E-state index contributed by atoms with van der Waals surface area (Å²) in [4.78, 5) is 21.8. The second-order valence-corrected chi connectivity index (χ2v) is 4.53. The van der Waals surface area contributed by atoms with E-state index in [0.717, 1.165) is 5.56 Å². The smallest absolute Gasteiger partial charge is 0.334 e. The van der Waals surface area contributed by atoms with Crippen molar-refractivity contribution in [2.75, 3.05) is 11.9 Å². The van der Waals surface area contributed by atoms with E-state index < -0.39 is 18.1 Å². The van der Waals surface area contributed by atoms with Gasteiger partial charge in [-0.1, -0.05) is 6.07 Å². The molecule has 0 unspecified atom stereocenters. The summed E-state index contributed by atoms with van der Waals surface area (Å²) in [6.45, 7) is 1.52. The average Bonchev–Trinajstić information content (AvgIpc) is 2.30. The van der Waals surface area contributed by atoms with Crippen molar-refractivity contribution in [3.8, 4) is 0 Å². The average molecular weight is 317 g/mol. The highest BCUT2D eigenvalue weighted by atomic mass is 79.9. The first-order chi connectivity index (χ1) is 8.40. The van der Waals surface area contributed by atoms with Crippen molar-refractivity contribution in [2.45, 2.75) is 13.0 Å². The van der Waals surface area contributed by atoms with Gasteiger partial charge in [-0.15, -0.1) is 0 Å². The molecule has 98 valence electrons. The molecule has 0 radical (unpaired) electrons. The fourth-order valence-electron chi connectivity index (χ4n) is 1.18. The Morgan fingerprint density at radius 3 is 2.72 bits per heavy atom. The van der Waals surface area contributed by atoms with E-state index in [1.54, 1.807) is 12.1 Å². The van der Waals surface area contributed by atoms with Crippen molar-refractivity contribution in [1.29, 1.82) is 0 Å². The van der Waals surface area contributed by atoms with Gasteiger partial charge in [-0.25, -0.2) is 9.59 Å². The van der Waals surface area contributed by atoms with Crippen molar-refractivity contribution < 1.29 is 19.8 Å². The SMILES string of the molecule is Cc1ccc(Br)c(NC(=O)NC[C@H](O)C(=O)O)c1. The zero-order valence-electron chi connectivity index (χ0n) is 9.61. The maximum atomic E-state index is 11.5. The third kappa shape index (κ3) is 4.34. The van der Waals surface area contributed by atoms with Crippen LogP contribution in [-0.2, 0) is 4.79 Å². The Kier molecular flexibility index (Phi) is 5.11. The summed E-state index contributed by atoms with van der Waals surface area (Å²) in [6, 6.07) is 4.84. The minimum atomic E-state index is -1.61. The van der Waals surface area contributed by atoms with E-state index in [1.807, 2.05) is 13.0 Å². The van der Waals surface area contributed by atoms with Crippen LogP contribution >= 0.6 is 15.9 Å². The molecule has 4 N–H and O–H groups in total. The van der Waals surface area contributed by atoms with Gasteiger partial charge >= 0.3 is 12.0 Å². The molecule has 6 nitrogen and oxygen atoms in total. The summed E-state index contributed by atoms with van der Waals surface area (Å²) >= 11 is 3.28. The number of hydrogen-bond acceptors (Lipinski definition) is 3. The highest BCUT2D eigenvalue weighted by Crippen LogP contribution is 2.23. The number of carbonyl (C=O) groups excluding carboxylic acids is 1. The number of nitrogens with one attached hydrogen (secondary N) is 2. The summed E-state index contributed by atoms with van der Waals surface area (Å²) < 4.78 is 0.710. The number of urea groups is 1. The van der Waals surface area contributed by atoms with Crippen LogP contribution in [-0.4, -0.2) is 34.9 Å². The normalized spacial score (nSPS) is 11.7. The Balaban J connectivity index is 2.54. The number of anilines is 1. The number of aliphatic carboxylic acids is 1. The molecule has 7 heteroatoms. The zero-order chi connectivity index (χ0) is 13.7. The minimum absolute atomic E-state index is 0.357. The molecular weight excluding hydrogens is 304 g/mol. The maximum Gasteiger partial charge on any atom is 0.334 e. The highest BCUT2D eigenvalue weighted by Gasteiger charge is 2.14. The number of aliphatic hydroxyl groups excluding tert-OH is 1. The van der Waals surface area contributed by atoms with Crippen LogP contribution in [0.2, 0.25) is 0 Å². The van der Waals surface area contributed by atoms with Gasteiger partial charge in [0.25, 0.3) is 0 Å². The molecule has 0 bridgehead atoms. The largest absolute Gasteiger partial charge is 0.479 e. The number of hydrogen-bond donors (Lipinski definition) is 4. The molecule has 0 heterocycles. The number of aryl methyl sites for hydroxylation is 1. The van der Waals surface area contributed by atoms with Gasteiger partial charge < -0.3 is 20.8 Å². The Morgan fingerprint density at radius 2 is 2.11 bits per heavy atom. The summed E-state index contributed by atoms with van der Waals surface area (Å²) in [6.07, 6.45) is -1.61. The number of halogens is 1. The summed E-state index contributed by atoms with van der Waals surface area (Å²) in [5, 5.41) is 22.2. The molecule has 0 aliphatic carbocycles. The molecule has 0 fully saturated rings. The van der Waals surface area contributed by atoms with Gasteiger partial charge in [0.1, 0.15) is 0 Å². The molecule has 0 aromatic heterocycles. The van der Waals surface area contributed by atoms with Gasteiger partial charge in [-0.3, -0.25) is 0 Å². The lowest BCUT2D eigenvalue weighted by Gasteiger charge is -2.11. The van der Waals surface area contributed by atoms with Gasteiger partial charge in [0.15, 0.2) is 6.10 Å². The second kappa shape index (κ2) is 6.36. The minimum Gasteiger partial charge on any atom is -0.479 e. The number of carboxylic acids is 1. The molecule has 2 amide bonds. The molecule has 0 spiro atoms. The molecular formula is C11H13BrN2O4. The molecule has 1 aromatic rings. The highest BCUT2D eigenvalue weighted by molar-refractivity contribution is 9.10. The van der Waals surface area contributed by atoms with Crippen molar-refractivity contribution in [3.63, 3.8) is 0 Å². The molecule has 0 saturated heterocycles. The standard InChI is InChI=1S/C11H13BrN2O4/c1-6-2-3-7(12)8(4-6)14-11(18)13-5-9(15)10(16)17/h2-4,9,15H,5H2,1H3,(H,16,17)(H2,13,14,18)/t9-/m0/s1. The topological polar surface area (TPSA) is 98.7 Å². The molecule has 1 rings (SSSR count). The van der Waals surface area contributed by atoms with Crippen LogP contribution in [0, 0.1) is 6.92 Å². The Morgan fingerprint density at radius 1 is 1.44 bits per heavy atom. The van der Waals surface area contributed by atoms with Crippen LogP contribution in [0.25, 0.3) is 0 Å². The summed E-state index contributed by atoms with van der Waals surface area (Å²) in [5.74, 6) is -1.38.